The standard InChI is InChI=1S/C24H25N3O5/c1-13-8-9-19(30-4)18(12-13)25-24(29)22-14(2)21-17(6-5-7-20(21)32-22)26-27-23(28)16-10-11-31-15(16)3/h8-12H,5-7H2,1-4H3,(H,25,29)(H,27,28)/b26-17+. The number of carbonyl (C=O) groups excluding carboxylic acids is 2. The first-order chi connectivity index (χ1) is 15.4. The molecule has 8 nitrogen and oxygen atoms in total. The van der Waals surface area contributed by atoms with Crippen LogP contribution in [0.3, 0.4) is 0 Å². The minimum atomic E-state index is -0.363. The van der Waals surface area contributed by atoms with Crippen molar-refractivity contribution in [2.24, 2.45) is 5.10 Å². The Morgan fingerprint density at radius 1 is 1.09 bits per heavy atom. The quantitative estimate of drug-likeness (QED) is 0.573. The molecule has 0 aliphatic heterocycles. The van der Waals surface area contributed by atoms with Crippen molar-refractivity contribution in [3.63, 3.8) is 0 Å². The van der Waals surface area contributed by atoms with E-state index in [1.807, 2.05) is 26.0 Å². The summed E-state index contributed by atoms with van der Waals surface area (Å²) >= 11 is 0. The average molecular weight is 435 g/mol. The molecule has 4 rings (SSSR count). The SMILES string of the molecule is COc1ccc(C)cc1NC(=O)c1oc2c(c1C)/C(=N/NC(=O)c1ccoc1C)CCC2. The maximum absolute atomic E-state index is 13.0. The van der Waals surface area contributed by atoms with Gasteiger partial charge in [0.25, 0.3) is 11.8 Å². The number of carbonyl (C=O) groups is 2. The molecule has 2 N–H and O–H groups in total. The van der Waals surface area contributed by atoms with E-state index in [9.17, 15) is 9.59 Å². The number of hydrazone groups is 1. The van der Waals surface area contributed by atoms with E-state index in [0.29, 0.717) is 52.6 Å². The number of anilines is 1. The van der Waals surface area contributed by atoms with Crippen LogP contribution in [-0.4, -0.2) is 24.6 Å². The number of rotatable bonds is 5. The Bertz CT molecular complexity index is 1220. The lowest BCUT2D eigenvalue weighted by atomic mass is 9.93. The lowest BCUT2D eigenvalue weighted by molar-refractivity contribution is 0.0952. The summed E-state index contributed by atoms with van der Waals surface area (Å²) in [7, 11) is 1.55. The first-order valence-electron chi connectivity index (χ1n) is 10.4. The zero-order valence-electron chi connectivity index (χ0n) is 18.5. The van der Waals surface area contributed by atoms with Crippen molar-refractivity contribution in [3.05, 3.63) is 70.1 Å². The second-order valence-electron chi connectivity index (χ2n) is 7.76. The first-order valence-corrected chi connectivity index (χ1v) is 10.4. The Balaban J connectivity index is 1.60. The minimum Gasteiger partial charge on any atom is -0.495 e. The highest BCUT2D eigenvalue weighted by atomic mass is 16.5. The van der Waals surface area contributed by atoms with Gasteiger partial charge in [-0.3, -0.25) is 9.59 Å². The van der Waals surface area contributed by atoms with Crippen LogP contribution < -0.4 is 15.5 Å². The number of benzene rings is 1. The Labute approximate surface area is 185 Å². The third-order valence-corrected chi connectivity index (χ3v) is 5.53. The molecule has 1 aromatic carbocycles. The van der Waals surface area contributed by atoms with Crippen LogP contribution in [0.1, 0.15) is 62.0 Å². The van der Waals surface area contributed by atoms with Gasteiger partial charge in [-0.25, -0.2) is 5.43 Å². The molecule has 8 heteroatoms. The molecule has 2 amide bonds. The lowest BCUT2D eigenvalue weighted by Gasteiger charge is -2.13. The molecule has 32 heavy (non-hydrogen) atoms. The van der Waals surface area contributed by atoms with Crippen molar-refractivity contribution in [2.45, 2.75) is 40.0 Å². The largest absolute Gasteiger partial charge is 0.495 e. The zero-order valence-corrected chi connectivity index (χ0v) is 18.5. The molecule has 166 valence electrons. The van der Waals surface area contributed by atoms with E-state index in [1.165, 1.54) is 6.26 Å². The third-order valence-electron chi connectivity index (χ3n) is 5.53. The van der Waals surface area contributed by atoms with Crippen molar-refractivity contribution >= 4 is 23.2 Å². The van der Waals surface area contributed by atoms with Gasteiger partial charge in [-0.15, -0.1) is 0 Å². The Kier molecular flexibility index (Phi) is 5.85. The highest BCUT2D eigenvalue weighted by molar-refractivity contribution is 6.10. The Morgan fingerprint density at radius 3 is 2.62 bits per heavy atom. The van der Waals surface area contributed by atoms with E-state index >= 15 is 0 Å². The highest BCUT2D eigenvalue weighted by Gasteiger charge is 2.28. The number of ether oxygens (including phenoxy) is 1. The van der Waals surface area contributed by atoms with Crippen LogP contribution in [-0.2, 0) is 6.42 Å². The summed E-state index contributed by atoms with van der Waals surface area (Å²) in [6.07, 6.45) is 3.65. The Hall–Kier alpha value is -3.81. The Morgan fingerprint density at radius 2 is 1.91 bits per heavy atom. The van der Waals surface area contributed by atoms with E-state index in [2.05, 4.69) is 15.8 Å². The van der Waals surface area contributed by atoms with E-state index < -0.39 is 0 Å². The zero-order chi connectivity index (χ0) is 22.8. The topological polar surface area (TPSA) is 106 Å². The lowest BCUT2D eigenvalue weighted by Crippen LogP contribution is -2.22. The molecule has 0 radical (unpaired) electrons. The van der Waals surface area contributed by atoms with Gasteiger partial charge < -0.3 is 18.9 Å². The van der Waals surface area contributed by atoms with Crippen molar-refractivity contribution < 1.29 is 23.2 Å². The number of hydrogen-bond acceptors (Lipinski definition) is 6. The summed E-state index contributed by atoms with van der Waals surface area (Å²) in [5.41, 5.74) is 6.75. The number of furan rings is 2. The molecule has 1 aliphatic carbocycles. The molecule has 2 aromatic heterocycles. The van der Waals surface area contributed by atoms with Gasteiger partial charge in [-0.2, -0.15) is 5.10 Å². The summed E-state index contributed by atoms with van der Waals surface area (Å²) in [6, 6.07) is 7.16. The maximum Gasteiger partial charge on any atom is 0.291 e. The molecule has 2 heterocycles. The molecule has 0 atom stereocenters. The maximum atomic E-state index is 13.0. The predicted molar refractivity (Wildman–Crippen MR) is 120 cm³/mol. The van der Waals surface area contributed by atoms with Gasteiger partial charge in [-0.1, -0.05) is 6.07 Å². The van der Waals surface area contributed by atoms with Gasteiger partial charge in [-0.05, 0) is 57.4 Å². The molecular weight excluding hydrogens is 410 g/mol. The number of nitrogens with one attached hydrogen (secondary N) is 2. The molecule has 3 aromatic rings. The summed E-state index contributed by atoms with van der Waals surface area (Å²) in [6.45, 7) is 5.48. The fraction of sp³-hybridized carbons (Fsp3) is 0.292. The average Bonchev–Trinajstić information content (AvgIpc) is 3.35. The van der Waals surface area contributed by atoms with E-state index in [-0.39, 0.29) is 17.6 Å². The van der Waals surface area contributed by atoms with Crippen LogP contribution in [0.4, 0.5) is 5.69 Å². The van der Waals surface area contributed by atoms with Gasteiger partial charge in [0, 0.05) is 17.5 Å². The second-order valence-corrected chi connectivity index (χ2v) is 7.76. The van der Waals surface area contributed by atoms with Gasteiger partial charge >= 0.3 is 0 Å². The van der Waals surface area contributed by atoms with E-state index in [1.54, 1.807) is 26.2 Å². The number of hydrogen-bond donors (Lipinski definition) is 2. The number of fused-ring (bicyclic) bond motifs is 1. The number of nitrogens with zero attached hydrogens (tertiary/aromatic N) is 1. The monoisotopic (exact) mass is 435 g/mol. The molecule has 0 saturated carbocycles. The molecule has 0 saturated heterocycles. The van der Waals surface area contributed by atoms with Crippen LogP contribution in [0, 0.1) is 20.8 Å². The second kappa shape index (κ2) is 8.74. The fourth-order valence-electron chi connectivity index (χ4n) is 3.89. The highest BCUT2D eigenvalue weighted by Crippen LogP contribution is 2.31. The molecule has 1 aliphatic rings. The minimum absolute atomic E-state index is 0.227. The summed E-state index contributed by atoms with van der Waals surface area (Å²) in [4.78, 5) is 25.4. The first kappa shape index (κ1) is 21.4. The van der Waals surface area contributed by atoms with Crippen LogP contribution in [0.5, 0.6) is 5.75 Å². The molecule has 0 fully saturated rings. The summed E-state index contributed by atoms with van der Waals surface area (Å²) < 4.78 is 16.5. The molecule has 0 spiro atoms. The molecule has 0 unspecified atom stereocenters. The van der Waals surface area contributed by atoms with Gasteiger partial charge in [0.15, 0.2) is 5.76 Å². The van der Waals surface area contributed by atoms with Crippen LogP contribution >= 0.6 is 0 Å². The molecule has 0 bridgehead atoms. The van der Waals surface area contributed by atoms with Crippen molar-refractivity contribution in [3.8, 4) is 5.75 Å². The number of methoxy groups -OCH3 is 1. The number of aryl methyl sites for hydroxylation is 3. The number of amides is 2. The van der Waals surface area contributed by atoms with Crippen molar-refractivity contribution in [1.82, 2.24) is 5.43 Å². The fourth-order valence-corrected chi connectivity index (χ4v) is 3.89. The van der Waals surface area contributed by atoms with Gasteiger partial charge in [0.05, 0.1) is 30.3 Å². The normalized spacial score (nSPS) is 14.2. The molecular formula is C24H25N3O5. The van der Waals surface area contributed by atoms with Crippen LogP contribution in [0.25, 0.3) is 0 Å². The van der Waals surface area contributed by atoms with Crippen LogP contribution in [0.15, 0.2) is 44.5 Å². The van der Waals surface area contributed by atoms with Crippen molar-refractivity contribution in [2.75, 3.05) is 12.4 Å². The van der Waals surface area contributed by atoms with Crippen LogP contribution in [0.2, 0.25) is 0 Å². The predicted octanol–water partition coefficient (Wildman–Crippen LogP) is 4.53. The van der Waals surface area contributed by atoms with Gasteiger partial charge in [0.2, 0.25) is 0 Å². The van der Waals surface area contributed by atoms with Crippen molar-refractivity contribution in [1.29, 1.82) is 0 Å². The van der Waals surface area contributed by atoms with E-state index in [4.69, 9.17) is 13.6 Å². The smallest absolute Gasteiger partial charge is 0.291 e. The summed E-state index contributed by atoms with van der Waals surface area (Å²) in [5, 5.41) is 7.22. The van der Waals surface area contributed by atoms with E-state index in [0.717, 1.165) is 17.5 Å². The third kappa shape index (κ3) is 4.03. The summed E-state index contributed by atoms with van der Waals surface area (Å²) in [5.74, 6) is 1.31. The van der Waals surface area contributed by atoms with Gasteiger partial charge in [0.1, 0.15) is 17.3 Å².